The molecule has 12 heavy (non-hydrogen) atoms. The largest absolute Gasteiger partial charge is 0.128 e. The van der Waals surface area contributed by atoms with Crippen molar-refractivity contribution in [3.8, 4) is 11.8 Å². The molecule has 0 saturated heterocycles. The van der Waals surface area contributed by atoms with Crippen molar-refractivity contribution in [3.63, 3.8) is 0 Å². The summed E-state index contributed by atoms with van der Waals surface area (Å²) in [5.74, 6) is 6.15. The van der Waals surface area contributed by atoms with Crippen LogP contribution in [0.25, 0.3) is 0 Å². The minimum Gasteiger partial charge on any atom is -0.128 e. The Morgan fingerprint density at radius 3 is 2.83 bits per heavy atom. The Morgan fingerprint density at radius 1 is 1.42 bits per heavy atom. The van der Waals surface area contributed by atoms with Crippen molar-refractivity contribution in [1.82, 2.24) is 0 Å². The van der Waals surface area contributed by atoms with Gasteiger partial charge in [0, 0.05) is 17.7 Å². The van der Waals surface area contributed by atoms with Crippen LogP contribution < -0.4 is 0 Å². The molecular formula is C10H11ClS. The predicted octanol–water partition coefficient (Wildman–Crippen LogP) is 3.75. The van der Waals surface area contributed by atoms with Gasteiger partial charge >= 0.3 is 0 Å². The number of thiophene rings is 1. The normalized spacial score (nSPS) is 9.17. The number of rotatable bonds is 2. The molecule has 0 atom stereocenters. The first-order valence-electron chi connectivity index (χ1n) is 4.03. The van der Waals surface area contributed by atoms with Crippen LogP contribution in [0.5, 0.6) is 0 Å². The van der Waals surface area contributed by atoms with Crippen molar-refractivity contribution in [2.45, 2.75) is 26.2 Å². The van der Waals surface area contributed by atoms with Crippen molar-refractivity contribution < 1.29 is 0 Å². The van der Waals surface area contributed by atoms with Gasteiger partial charge < -0.3 is 0 Å². The molecule has 0 radical (unpaired) electrons. The summed E-state index contributed by atoms with van der Waals surface area (Å²) in [6.07, 6.45) is 2.93. The zero-order chi connectivity index (χ0) is 8.81. The number of hydrogen-bond donors (Lipinski definition) is 0. The summed E-state index contributed by atoms with van der Waals surface area (Å²) in [5.41, 5.74) is 0. The second kappa shape index (κ2) is 5.24. The molecule has 1 aromatic rings. The maximum Gasteiger partial charge on any atom is 0.0931 e. The van der Waals surface area contributed by atoms with Gasteiger partial charge in [-0.2, -0.15) is 0 Å². The minimum absolute atomic E-state index is 0.869. The molecule has 0 aliphatic carbocycles. The van der Waals surface area contributed by atoms with Gasteiger partial charge in [0.25, 0.3) is 0 Å². The third kappa shape index (κ3) is 3.30. The Morgan fingerprint density at radius 2 is 2.25 bits per heavy atom. The van der Waals surface area contributed by atoms with Gasteiger partial charge in [0.05, 0.1) is 4.34 Å². The van der Waals surface area contributed by atoms with E-state index in [1.165, 1.54) is 4.88 Å². The summed E-state index contributed by atoms with van der Waals surface area (Å²) in [7, 11) is 0. The first-order valence-corrected chi connectivity index (χ1v) is 5.22. The molecule has 0 nitrogen and oxygen atoms in total. The first-order chi connectivity index (χ1) is 5.83. The molecule has 0 bridgehead atoms. The lowest BCUT2D eigenvalue weighted by Crippen LogP contribution is -1.75. The molecule has 0 amide bonds. The fourth-order valence-corrected chi connectivity index (χ4v) is 1.97. The lowest BCUT2D eigenvalue weighted by atomic mass is 10.2. The van der Waals surface area contributed by atoms with Crippen LogP contribution in [0.1, 0.15) is 24.6 Å². The van der Waals surface area contributed by atoms with Gasteiger partial charge in [0.15, 0.2) is 0 Å². The predicted molar refractivity (Wildman–Crippen MR) is 55.7 cm³/mol. The molecule has 2 heteroatoms. The molecule has 0 aliphatic heterocycles. The average molecular weight is 199 g/mol. The topological polar surface area (TPSA) is 0 Å². The molecule has 0 saturated carbocycles. The third-order valence-corrected chi connectivity index (χ3v) is 2.72. The highest BCUT2D eigenvalue weighted by molar-refractivity contribution is 7.16. The molecule has 0 fully saturated rings. The van der Waals surface area contributed by atoms with Gasteiger partial charge in [-0.05, 0) is 18.6 Å². The standard InChI is InChI=1S/C10H11ClS/c1-2-3-4-5-6-9-7-8-10(11)12-9/h7-8H,2,5-6H2,1H3. The Balaban J connectivity index is 2.33. The summed E-state index contributed by atoms with van der Waals surface area (Å²) < 4.78 is 0.869. The lowest BCUT2D eigenvalue weighted by molar-refractivity contribution is 1.05. The summed E-state index contributed by atoms with van der Waals surface area (Å²) in [6.45, 7) is 2.06. The van der Waals surface area contributed by atoms with Crippen molar-refractivity contribution in [1.29, 1.82) is 0 Å². The van der Waals surface area contributed by atoms with Crippen molar-refractivity contribution in [2.75, 3.05) is 0 Å². The molecule has 0 unspecified atom stereocenters. The minimum atomic E-state index is 0.869. The van der Waals surface area contributed by atoms with E-state index in [0.29, 0.717) is 0 Å². The molecule has 1 heterocycles. The van der Waals surface area contributed by atoms with Gasteiger partial charge in [0.1, 0.15) is 0 Å². The molecule has 0 N–H and O–H groups in total. The van der Waals surface area contributed by atoms with Crippen molar-refractivity contribution in [3.05, 3.63) is 21.3 Å². The van der Waals surface area contributed by atoms with Crippen molar-refractivity contribution >= 4 is 22.9 Å². The maximum absolute atomic E-state index is 5.78. The van der Waals surface area contributed by atoms with Gasteiger partial charge in [-0.25, -0.2) is 0 Å². The van der Waals surface area contributed by atoms with E-state index in [1.807, 2.05) is 6.07 Å². The van der Waals surface area contributed by atoms with Crippen LogP contribution in [-0.2, 0) is 6.42 Å². The van der Waals surface area contributed by atoms with E-state index in [-0.39, 0.29) is 0 Å². The van der Waals surface area contributed by atoms with Crippen molar-refractivity contribution in [2.24, 2.45) is 0 Å². The summed E-state index contributed by atoms with van der Waals surface area (Å²) >= 11 is 7.43. The Hall–Kier alpha value is -0.450. The molecular weight excluding hydrogens is 188 g/mol. The van der Waals surface area contributed by atoms with E-state index in [2.05, 4.69) is 24.8 Å². The van der Waals surface area contributed by atoms with Gasteiger partial charge in [-0.1, -0.05) is 18.5 Å². The molecule has 1 rings (SSSR count). The maximum atomic E-state index is 5.78. The smallest absolute Gasteiger partial charge is 0.0931 e. The highest BCUT2D eigenvalue weighted by Gasteiger charge is 1.95. The van der Waals surface area contributed by atoms with Crippen LogP contribution in [0.4, 0.5) is 0 Å². The monoisotopic (exact) mass is 198 g/mol. The fourth-order valence-electron chi connectivity index (χ4n) is 0.885. The average Bonchev–Trinajstić information content (AvgIpc) is 2.45. The third-order valence-electron chi connectivity index (χ3n) is 1.43. The molecule has 0 spiro atoms. The number of halogens is 1. The summed E-state index contributed by atoms with van der Waals surface area (Å²) in [4.78, 5) is 1.32. The molecule has 1 aromatic heterocycles. The molecule has 64 valence electrons. The number of hydrogen-bond acceptors (Lipinski definition) is 1. The number of aryl methyl sites for hydroxylation is 1. The van der Waals surface area contributed by atoms with Crippen LogP contribution in [0.15, 0.2) is 12.1 Å². The zero-order valence-electron chi connectivity index (χ0n) is 7.06. The Kier molecular flexibility index (Phi) is 4.21. The van der Waals surface area contributed by atoms with E-state index in [9.17, 15) is 0 Å². The lowest BCUT2D eigenvalue weighted by Gasteiger charge is -1.87. The van der Waals surface area contributed by atoms with E-state index in [1.54, 1.807) is 11.3 Å². The fraction of sp³-hybridized carbons (Fsp3) is 0.400. The van der Waals surface area contributed by atoms with Crippen LogP contribution in [0.3, 0.4) is 0 Å². The summed E-state index contributed by atoms with van der Waals surface area (Å²) in [6, 6.07) is 4.01. The van der Waals surface area contributed by atoms with E-state index < -0.39 is 0 Å². The quantitative estimate of drug-likeness (QED) is 0.635. The molecule has 0 aromatic carbocycles. The van der Waals surface area contributed by atoms with Crippen LogP contribution in [0.2, 0.25) is 4.34 Å². The highest BCUT2D eigenvalue weighted by Crippen LogP contribution is 2.22. The first kappa shape index (κ1) is 9.64. The second-order valence-electron chi connectivity index (χ2n) is 2.41. The molecule has 0 aliphatic rings. The van der Waals surface area contributed by atoms with E-state index >= 15 is 0 Å². The van der Waals surface area contributed by atoms with Gasteiger partial charge in [0.2, 0.25) is 0 Å². The zero-order valence-corrected chi connectivity index (χ0v) is 8.63. The second-order valence-corrected chi connectivity index (χ2v) is 4.21. The van der Waals surface area contributed by atoms with Crippen LogP contribution >= 0.6 is 22.9 Å². The Bertz CT molecular complexity index is 290. The van der Waals surface area contributed by atoms with Crippen LogP contribution in [0, 0.1) is 11.8 Å². The van der Waals surface area contributed by atoms with Gasteiger partial charge in [-0.3, -0.25) is 0 Å². The Labute approximate surface area is 82.6 Å². The van der Waals surface area contributed by atoms with E-state index in [4.69, 9.17) is 11.6 Å². The van der Waals surface area contributed by atoms with E-state index in [0.717, 1.165) is 23.6 Å². The SMILES string of the molecule is CCC#CCCc1ccc(Cl)s1. The highest BCUT2D eigenvalue weighted by atomic mass is 35.5. The van der Waals surface area contributed by atoms with Gasteiger partial charge in [-0.15, -0.1) is 23.2 Å². The summed E-state index contributed by atoms with van der Waals surface area (Å²) in [5, 5.41) is 0. The van der Waals surface area contributed by atoms with Crippen LogP contribution in [-0.4, -0.2) is 0 Å².